The van der Waals surface area contributed by atoms with Crippen LogP contribution in [0.25, 0.3) is 11.4 Å². The Labute approximate surface area is 190 Å². The monoisotopic (exact) mass is 450 g/mol. The predicted octanol–water partition coefficient (Wildman–Crippen LogP) is 4.02. The first-order valence-corrected chi connectivity index (χ1v) is 12.0. The average molecular weight is 451 g/mol. The van der Waals surface area contributed by atoms with Crippen molar-refractivity contribution in [2.75, 3.05) is 13.1 Å². The Balaban J connectivity index is 1.39. The van der Waals surface area contributed by atoms with Gasteiger partial charge in [0.15, 0.2) is 0 Å². The second-order valence-corrected chi connectivity index (χ2v) is 9.56. The molecule has 1 saturated heterocycles. The molecule has 5 rings (SSSR count). The minimum Gasteiger partial charge on any atom is -0.348 e. The molecule has 1 saturated carbocycles. The van der Waals surface area contributed by atoms with Crippen LogP contribution >= 0.6 is 11.3 Å². The third-order valence-electron chi connectivity index (χ3n) is 6.51. The molecule has 3 heterocycles. The molecule has 0 radical (unpaired) electrons. The number of nitrogens with one attached hydrogen (secondary N) is 1. The van der Waals surface area contributed by atoms with Crippen LogP contribution in [-0.4, -0.2) is 46.0 Å². The van der Waals surface area contributed by atoms with Crippen molar-refractivity contribution in [3.8, 4) is 11.4 Å². The maximum Gasteiger partial charge on any atom is 0.261 e. The second-order valence-electron chi connectivity index (χ2n) is 8.64. The summed E-state index contributed by atoms with van der Waals surface area (Å²) in [5.41, 5.74) is 1.83. The fourth-order valence-corrected chi connectivity index (χ4v) is 5.63. The van der Waals surface area contributed by atoms with Crippen molar-refractivity contribution in [2.24, 2.45) is 5.92 Å². The molecular weight excluding hydrogens is 424 g/mol. The summed E-state index contributed by atoms with van der Waals surface area (Å²) >= 11 is 1.43. The summed E-state index contributed by atoms with van der Waals surface area (Å²) in [5.74, 6) is 0.729. The molecule has 1 aliphatic heterocycles. The maximum absolute atomic E-state index is 13.1. The lowest BCUT2D eigenvalue weighted by Crippen LogP contribution is -2.37. The van der Waals surface area contributed by atoms with E-state index in [0.29, 0.717) is 29.4 Å². The number of aryl methyl sites for hydroxylation is 1. The summed E-state index contributed by atoms with van der Waals surface area (Å²) in [4.78, 5) is 33.4. The van der Waals surface area contributed by atoms with Crippen LogP contribution in [0.4, 0.5) is 0 Å². The summed E-state index contributed by atoms with van der Waals surface area (Å²) in [5, 5.41) is 9.25. The predicted molar refractivity (Wildman–Crippen MR) is 121 cm³/mol. The first-order chi connectivity index (χ1) is 15.6. The molecule has 3 aromatic rings. The highest BCUT2D eigenvalue weighted by molar-refractivity contribution is 7.12. The molecule has 3 atom stereocenters. The fourth-order valence-electron chi connectivity index (χ4n) is 4.80. The number of carbonyl (C=O) groups excluding carboxylic acids is 2. The molecular formula is C24H26N4O3S. The largest absolute Gasteiger partial charge is 0.348 e. The third-order valence-corrected chi connectivity index (χ3v) is 7.52. The molecule has 2 fully saturated rings. The van der Waals surface area contributed by atoms with E-state index in [4.69, 9.17) is 4.52 Å². The van der Waals surface area contributed by atoms with Crippen molar-refractivity contribution < 1.29 is 14.1 Å². The van der Waals surface area contributed by atoms with Crippen molar-refractivity contribution in [1.82, 2.24) is 20.4 Å². The van der Waals surface area contributed by atoms with Gasteiger partial charge in [-0.3, -0.25) is 9.59 Å². The van der Waals surface area contributed by atoms with Crippen LogP contribution in [0.15, 0.2) is 46.3 Å². The highest BCUT2D eigenvalue weighted by Gasteiger charge is 2.44. The van der Waals surface area contributed by atoms with E-state index in [9.17, 15) is 9.59 Å². The molecule has 166 valence electrons. The molecule has 2 amide bonds. The van der Waals surface area contributed by atoms with Gasteiger partial charge in [-0.15, -0.1) is 11.3 Å². The number of rotatable bonds is 5. The van der Waals surface area contributed by atoms with E-state index >= 15 is 0 Å². The lowest BCUT2D eigenvalue weighted by Gasteiger charge is -2.20. The Morgan fingerprint density at radius 3 is 2.62 bits per heavy atom. The van der Waals surface area contributed by atoms with Crippen molar-refractivity contribution in [3.05, 3.63) is 58.1 Å². The zero-order valence-corrected chi connectivity index (χ0v) is 18.8. The molecule has 8 heteroatoms. The molecule has 1 aliphatic carbocycles. The number of aromatic nitrogens is 2. The minimum absolute atomic E-state index is 0.107. The number of thiophene rings is 1. The molecule has 0 bridgehead atoms. The Bertz CT molecular complexity index is 1100. The number of likely N-dealkylation sites (tertiary alicyclic amines) is 1. The number of benzene rings is 1. The van der Waals surface area contributed by atoms with Gasteiger partial charge < -0.3 is 14.7 Å². The van der Waals surface area contributed by atoms with E-state index in [0.717, 1.165) is 37.1 Å². The Morgan fingerprint density at radius 1 is 1.12 bits per heavy atom. The lowest BCUT2D eigenvalue weighted by molar-refractivity contribution is -0.134. The summed E-state index contributed by atoms with van der Waals surface area (Å²) < 4.78 is 5.65. The van der Waals surface area contributed by atoms with Crippen LogP contribution in [0.2, 0.25) is 0 Å². The van der Waals surface area contributed by atoms with Crippen molar-refractivity contribution >= 4 is 23.2 Å². The Morgan fingerprint density at radius 2 is 1.91 bits per heavy atom. The summed E-state index contributed by atoms with van der Waals surface area (Å²) in [6, 6.07) is 11.4. The molecule has 2 aliphatic rings. The van der Waals surface area contributed by atoms with Crippen molar-refractivity contribution in [2.45, 2.75) is 44.6 Å². The number of nitrogens with zero attached hydrogens (tertiary/aromatic N) is 3. The van der Waals surface area contributed by atoms with Crippen LogP contribution in [-0.2, 0) is 4.79 Å². The lowest BCUT2D eigenvalue weighted by atomic mass is 10.0. The summed E-state index contributed by atoms with van der Waals surface area (Å²) in [7, 11) is 0. The topological polar surface area (TPSA) is 88.3 Å². The van der Waals surface area contributed by atoms with Crippen LogP contribution in [0, 0.1) is 12.8 Å². The normalized spacial score (nSPS) is 22.9. The van der Waals surface area contributed by atoms with Gasteiger partial charge in [-0.1, -0.05) is 35.5 Å². The molecule has 1 N–H and O–H groups in total. The van der Waals surface area contributed by atoms with Gasteiger partial charge in [0.2, 0.25) is 17.6 Å². The van der Waals surface area contributed by atoms with E-state index in [1.165, 1.54) is 11.3 Å². The van der Waals surface area contributed by atoms with Gasteiger partial charge in [0, 0.05) is 30.6 Å². The maximum atomic E-state index is 13.1. The van der Waals surface area contributed by atoms with Gasteiger partial charge in [-0.25, -0.2) is 0 Å². The number of amides is 2. The summed E-state index contributed by atoms with van der Waals surface area (Å²) in [6.07, 6.45) is 3.30. The first kappa shape index (κ1) is 20.9. The summed E-state index contributed by atoms with van der Waals surface area (Å²) in [6.45, 7) is 3.58. The van der Waals surface area contributed by atoms with Crippen LogP contribution < -0.4 is 5.32 Å². The number of hydrogen-bond acceptors (Lipinski definition) is 6. The van der Waals surface area contributed by atoms with Crippen LogP contribution in [0.5, 0.6) is 0 Å². The van der Waals surface area contributed by atoms with E-state index in [1.54, 1.807) is 0 Å². The first-order valence-electron chi connectivity index (χ1n) is 11.1. The quantitative estimate of drug-likeness (QED) is 0.634. The van der Waals surface area contributed by atoms with E-state index in [-0.39, 0.29) is 29.7 Å². The third kappa shape index (κ3) is 4.07. The Kier molecular flexibility index (Phi) is 5.78. The fraction of sp³-hybridized carbons (Fsp3) is 0.417. The van der Waals surface area contributed by atoms with Crippen molar-refractivity contribution in [1.29, 1.82) is 0 Å². The zero-order valence-electron chi connectivity index (χ0n) is 18.0. The van der Waals surface area contributed by atoms with Crippen LogP contribution in [0.1, 0.15) is 52.7 Å². The van der Waals surface area contributed by atoms with E-state index in [1.807, 2.05) is 53.6 Å². The van der Waals surface area contributed by atoms with E-state index < -0.39 is 0 Å². The molecule has 0 spiro atoms. The van der Waals surface area contributed by atoms with Gasteiger partial charge in [0.1, 0.15) is 0 Å². The van der Waals surface area contributed by atoms with E-state index in [2.05, 4.69) is 15.5 Å². The smallest absolute Gasteiger partial charge is 0.261 e. The highest BCUT2D eigenvalue weighted by atomic mass is 32.1. The van der Waals surface area contributed by atoms with Gasteiger partial charge in [-0.05, 0) is 49.6 Å². The molecule has 1 aromatic carbocycles. The van der Waals surface area contributed by atoms with Gasteiger partial charge in [-0.2, -0.15) is 4.98 Å². The van der Waals surface area contributed by atoms with Gasteiger partial charge >= 0.3 is 0 Å². The zero-order chi connectivity index (χ0) is 22.1. The average Bonchev–Trinajstić information content (AvgIpc) is 3.60. The van der Waals surface area contributed by atoms with Crippen molar-refractivity contribution in [3.63, 3.8) is 0 Å². The van der Waals surface area contributed by atoms with Gasteiger partial charge in [0.05, 0.1) is 10.8 Å². The standard InChI is InChI=1S/C24H26N4O3S/c1-15-9-12-32-20(15)22(29)25-19-14-17(24(30)28-10-5-6-11-28)13-18(19)23-26-21(27-31-23)16-7-3-2-4-8-16/h2-4,7-9,12,17-19H,5-6,10-11,13-14H2,1H3,(H,25,29)/t17-,18-,19+/m1/s1. The molecule has 0 unspecified atom stereocenters. The second kappa shape index (κ2) is 8.86. The molecule has 32 heavy (non-hydrogen) atoms. The minimum atomic E-state index is -0.232. The van der Waals surface area contributed by atoms with Crippen LogP contribution in [0.3, 0.4) is 0 Å². The molecule has 7 nitrogen and oxygen atoms in total. The molecule has 2 aromatic heterocycles. The highest BCUT2D eigenvalue weighted by Crippen LogP contribution is 2.40. The SMILES string of the molecule is Cc1ccsc1C(=O)N[C@H]1C[C@H](C(=O)N2CCCC2)C[C@H]1c1nc(-c2ccccc2)no1. The Hall–Kier alpha value is -3.00. The number of carbonyl (C=O) groups is 2. The number of hydrogen-bond donors (Lipinski definition) is 1. The van der Waals surface area contributed by atoms with Gasteiger partial charge in [0.25, 0.3) is 5.91 Å².